The second kappa shape index (κ2) is 8.69. The lowest BCUT2D eigenvalue weighted by atomic mass is 9.78. The zero-order valence-corrected chi connectivity index (χ0v) is 18.8. The molecular formula is C23H29ClN7O+. The Labute approximate surface area is 192 Å². The number of amidine groups is 1. The summed E-state index contributed by atoms with van der Waals surface area (Å²) in [6, 6.07) is 10.8. The maximum Gasteiger partial charge on any atom is 0.258 e. The van der Waals surface area contributed by atoms with Gasteiger partial charge in [-0.25, -0.2) is 4.98 Å². The van der Waals surface area contributed by atoms with Crippen LogP contribution in [-0.2, 0) is 0 Å². The number of anilines is 2. The van der Waals surface area contributed by atoms with Gasteiger partial charge in [0, 0.05) is 36.1 Å². The average molecular weight is 455 g/mol. The molecule has 168 valence electrons. The quantitative estimate of drug-likeness (QED) is 0.646. The Hall–Kier alpha value is -2.68. The Bertz CT molecular complexity index is 1010. The summed E-state index contributed by atoms with van der Waals surface area (Å²) in [5.41, 5.74) is 8.05. The maximum absolute atomic E-state index is 12.8. The van der Waals surface area contributed by atoms with Crippen LogP contribution in [0.3, 0.4) is 0 Å². The van der Waals surface area contributed by atoms with Crippen LogP contribution in [0.1, 0.15) is 29.6 Å². The van der Waals surface area contributed by atoms with Crippen LogP contribution in [0, 0.1) is 5.41 Å². The van der Waals surface area contributed by atoms with E-state index in [0.29, 0.717) is 28.4 Å². The first kappa shape index (κ1) is 21.2. The van der Waals surface area contributed by atoms with Crippen LogP contribution in [0.2, 0.25) is 5.02 Å². The third kappa shape index (κ3) is 4.30. The zero-order valence-electron chi connectivity index (χ0n) is 18.0. The van der Waals surface area contributed by atoms with Crippen molar-refractivity contribution in [1.82, 2.24) is 10.3 Å². The van der Waals surface area contributed by atoms with Gasteiger partial charge >= 0.3 is 0 Å². The normalized spacial score (nSPS) is 22.3. The molecule has 1 spiro atoms. The molecule has 2 saturated heterocycles. The summed E-state index contributed by atoms with van der Waals surface area (Å²) in [5, 5.41) is 12.1. The highest BCUT2D eigenvalue weighted by Crippen LogP contribution is 2.36. The molecule has 0 aliphatic carbocycles. The van der Waals surface area contributed by atoms with E-state index in [1.165, 1.54) is 32.4 Å². The number of nitrogens with one attached hydrogen (secondary N) is 1. The Morgan fingerprint density at radius 2 is 2.06 bits per heavy atom. The standard InChI is InChI=1S/C23H28ClN7O/c24-17-2-1-3-18(12-17)31-14-19(25)21(29-31)28-22(32)16-4-5-20(27-13-16)30-10-7-23(8-11-30)6-9-26-15-23/h1-5,12-13,19,26H,6-11,14-15,25H2,(H,28,29,32)/p+1. The summed E-state index contributed by atoms with van der Waals surface area (Å²) in [5.74, 6) is 1.11. The number of hydrogen-bond donors (Lipinski definition) is 3. The molecule has 4 heterocycles. The van der Waals surface area contributed by atoms with Crippen LogP contribution in [0.25, 0.3) is 0 Å². The van der Waals surface area contributed by atoms with Gasteiger partial charge < -0.3 is 21.3 Å². The lowest BCUT2D eigenvalue weighted by Crippen LogP contribution is -2.82. The van der Waals surface area contributed by atoms with Crippen molar-refractivity contribution in [2.45, 2.75) is 25.3 Å². The molecule has 8 nitrogen and oxygen atoms in total. The first-order chi connectivity index (χ1) is 15.5. The van der Waals surface area contributed by atoms with Crippen molar-refractivity contribution in [2.24, 2.45) is 16.3 Å². The highest BCUT2D eigenvalue weighted by molar-refractivity contribution is 6.30. The first-order valence-electron chi connectivity index (χ1n) is 11.2. The number of quaternary nitrogens is 1. The van der Waals surface area contributed by atoms with Crippen molar-refractivity contribution in [3.63, 3.8) is 0 Å². The van der Waals surface area contributed by atoms with Gasteiger partial charge in [-0.15, -0.1) is 0 Å². The fraction of sp³-hybridized carbons (Fsp3) is 0.435. The molecule has 1 amide bonds. The number of nitrogens with two attached hydrogens (primary N) is 2. The molecule has 0 saturated carbocycles. The van der Waals surface area contributed by atoms with Crippen molar-refractivity contribution in [3.05, 3.63) is 53.2 Å². The minimum atomic E-state index is -0.390. The molecule has 2 fully saturated rings. The van der Waals surface area contributed by atoms with Gasteiger partial charge in [0.25, 0.3) is 5.91 Å². The van der Waals surface area contributed by atoms with Gasteiger partial charge in [-0.05, 0) is 43.2 Å². The lowest BCUT2D eigenvalue weighted by Gasteiger charge is -2.37. The zero-order chi connectivity index (χ0) is 22.1. The van der Waals surface area contributed by atoms with E-state index in [4.69, 9.17) is 17.3 Å². The van der Waals surface area contributed by atoms with E-state index >= 15 is 0 Å². The van der Waals surface area contributed by atoms with Crippen LogP contribution < -0.4 is 26.3 Å². The third-order valence-corrected chi connectivity index (χ3v) is 7.15. The summed E-state index contributed by atoms with van der Waals surface area (Å²) < 4.78 is 0. The van der Waals surface area contributed by atoms with Crippen molar-refractivity contribution in [1.29, 1.82) is 0 Å². The molecule has 1 aromatic heterocycles. The number of halogens is 1. The van der Waals surface area contributed by atoms with Crippen molar-refractivity contribution in [2.75, 3.05) is 42.6 Å². The van der Waals surface area contributed by atoms with Gasteiger partial charge in [0.2, 0.25) is 0 Å². The van der Waals surface area contributed by atoms with Crippen molar-refractivity contribution < 1.29 is 10.1 Å². The molecule has 3 aliphatic rings. The number of carbonyl (C=O) groups is 1. The van der Waals surface area contributed by atoms with Crippen LogP contribution in [0.5, 0.6) is 0 Å². The van der Waals surface area contributed by atoms with Gasteiger partial charge in [0.1, 0.15) is 11.7 Å². The predicted octanol–water partition coefficient (Wildman–Crippen LogP) is 1.18. The summed E-state index contributed by atoms with van der Waals surface area (Å²) >= 11 is 6.07. The molecular weight excluding hydrogens is 426 g/mol. The van der Waals surface area contributed by atoms with Gasteiger partial charge in [0.15, 0.2) is 0 Å². The predicted molar refractivity (Wildman–Crippen MR) is 126 cm³/mol. The van der Waals surface area contributed by atoms with E-state index in [-0.39, 0.29) is 5.91 Å². The van der Waals surface area contributed by atoms with Gasteiger partial charge in [-0.1, -0.05) is 17.7 Å². The molecule has 5 N–H and O–H groups in total. The van der Waals surface area contributed by atoms with E-state index < -0.39 is 6.04 Å². The number of carbonyl (C=O) groups excluding carboxylic acids is 1. The highest BCUT2D eigenvalue weighted by atomic mass is 35.5. The van der Waals surface area contributed by atoms with Crippen LogP contribution in [-0.4, -0.2) is 55.5 Å². The highest BCUT2D eigenvalue weighted by Gasteiger charge is 2.40. The SMILES string of the molecule is NC1CN(c2cccc(Cl)c2)N=C1NC(=O)c1ccc(N2CCC3(CC[NH2+]C3)CC2)nc1. The molecule has 9 heteroatoms. The number of benzene rings is 1. The monoisotopic (exact) mass is 454 g/mol. The number of piperidine rings is 1. The Morgan fingerprint density at radius 3 is 2.75 bits per heavy atom. The van der Waals surface area contributed by atoms with Gasteiger partial charge in [0.05, 0.1) is 36.9 Å². The Kier molecular flexibility index (Phi) is 5.75. The number of hydrogen-bond acceptors (Lipinski definition) is 6. The Balaban J connectivity index is 1.21. The molecule has 1 aromatic carbocycles. The molecule has 1 atom stereocenters. The maximum atomic E-state index is 12.8. The minimum Gasteiger partial charge on any atom is -0.357 e. The molecule has 32 heavy (non-hydrogen) atoms. The average Bonchev–Trinajstić information content (AvgIpc) is 3.41. The molecule has 1 unspecified atom stereocenters. The summed E-state index contributed by atoms with van der Waals surface area (Å²) in [6.07, 6.45) is 5.39. The van der Waals surface area contributed by atoms with Gasteiger partial charge in [-0.3, -0.25) is 9.80 Å². The van der Waals surface area contributed by atoms with Crippen LogP contribution in [0.15, 0.2) is 47.7 Å². The smallest absolute Gasteiger partial charge is 0.258 e. The second-order valence-electron chi connectivity index (χ2n) is 9.03. The van der Waals surface area contributed by atoms with Crippen LogP contribution in [0.4, 0.5) is 11.5 Å². The lowest BCUT2D eigenvalue weighted by molar-refractivity contribution is -0.641. The topological polar surface area (TPSA) is 103 Å². The number of amides is 1. The van der Waals surface area contributed by atoms with Crippen molar-refractivity contribution >= 4 is 34.8 Å². The minimum absolute atomic E-state index is 0.259. The van der Waals surface area contributed by atoms with E-state index in [1.54, 1.807) is 17.3 Å². The number of nitrogens with zero attached hydrogens (tertiary/aromatic N) is 4. The largest absolute Gasteiger partial charge is 0.357 e. The number of pyridine rings is 1. The summed E-state index contributed by atoms with van der Waals surface area (Å²) in [6.45, 7) is 5.04. The fourth-order valence-corrected chi connectivity index (χ4v) is 5.10. The summed E-state index contributed by atoms with van der Waals surface area (Å²) in [4.78, 5) is 19.6. The fourth-order valence-electron chi connectivity index (χ4n) is 4.91. The number of hydrazone groups is 1. The van der Waals surface area contributed by atoms with E-state index in [2.05, 4.69) is 25.6 Å². The number of rotatable bonds is 3. The van der Waals surface area contributed by atoms with Gasteiger partial charge in [-0.2, -0.15) is 5.10 Å². The molecule has 3 aliphatic heterocycles. The third-order valence-electron chi connectivity index (χ3n) is 6.91. The Morgan fingerprint density at radius 1 is 1.22 bits per heavy atom. The van der Waals surface area contributed by atoms with E-state index in [9.17, 15) is 4.79 Å². The van der Waals surface area contributed by atoms with E-state index in [1.807, 2.05) is 30.3 Å². The molecule has 5 rings (SSSR count). The first-order valence-corrected chi connectivity index (χ1v) is 11.6. The van der Waals surface area contributed by atoms with Crippen LogP contribution >= 0.6 is 11.6 Å². The molecule has 0 bridgehead atoms. The molecule has 2 aromatic rings. The summed E-state index contributed by atoms with van der Waals surface area (Å²) in [7, 11) is 0. The second-order valence-corrected chi connectivity index (χ2v) is 9.47. The number of aromatic nitrogens is 1. The van der Waals surface area contributed by atoms with Crippen molar-refractivity contribution in [3.8, 4) is 0 Å². The molecule has 0 radical (unpaired) electrons. The van der Waals surface area contributed by atoms with E-state index in [0.717, 1.165) is 24.6 Å².